The van der Waals surface area contributed by atoms with Crippen LogP contribution < -0.4 is 0 Å². The second-order valence-electron chi connectivity index (χ2n) is 4.42. The molecule has 0 spiro atoms. The van der Waals surface area contributed by atoms with E-state index in [4.69, 9.17) is 11.6 Å². The van der Waals surface area contributed by atoms with Gasteiger partial charge in [-0.25, -0.2) is 0 Å². The van der Waals surface area contributed by atoms with Gasteiger partial charge in [-0.05, 0) is 48.2 Å². The lowest BCUT2D eigenvalue weighted by molar-refractivity contribution is 0.220. The molecule has 0 saturated carbocycles. The van der Waals surface area contributed by atoms with Crippen LogP contribution in [0, 0.1) is 13.8 Å². The van der Waals surface area contributed by atoms with Gasteiger partial charge < -0.3 is 5.11 Å². The smallest absolute Gasteiger partial charge is 0.104 e. The van der Waals surface area contributed by atoms with Gasteiger partial charge >= 0.3 is 0 Å². The van der Waals surface area contributed by atoms with E-state index in [1.807, 2.05) is 38.1 Å². The summed E-state index contributed by atoms with van der Waals surface area (Å²) in [7, 11) is 0. The highest BCUT2D eigenvalue weighted by Gasteiger charge is 2.12. The molecule has 3 heteroatoms. The molecule has 0 aliphatic heterocycles. The van der Waals surface area contributed by atoms with Crippen molar-refractivity contribution < 1.29 is 5.11 Å². The van der Waals surface area contributed by atoms with Crippen LogP contribution in [-0.4, -0.2) is 5.11 Å². The topological polar surface area (TPSA) is 20.2 Å². The summed E-state index contributed by atoms with van der Waals surface area (Å²) < 4.78 is 1.09. The fraction of sp³-hybridized carbons (Fsp3) is 0.200. The molecule has 94 valence electrons. The zero-order chi connectivity index (χ0) is 13.3. The van der Waals surface area contributed by atoms with Gasteiger partial charge in [0.1, 0.15) is 6.10 Å². The Bertz CT molecular complexity index is 540. The fourth-order valence-electron chi connectivity index (χ4n) is 1.97. The number of aryl methyl sites for hydroxylation is 2. The van der Waals surface area contributed by atoms with Gasteiger partial charge in [-0.15, -0.1) is 0 Å². The summed E-state index contributed by atoms with van der Waals surface area (Å²) in [4.78, 5) is 0. The van der Waals surface area contributed by atoms with Crippen LogP contribution in [0.1, 0.15) is 28.4 Å². The SMILES string of the molecule is Cc1cc(C(O)c2ccc(Cl)cc2)cc(C)c1Br. The number of aliphatic hydroxyl groups is 1. The Labute approximate surface area is 121 Å². The second kappa shape index (κ2) is 5.43. The average Bonchev–Trinajstić information content (AvgIpc) is 2.35. The summed E-state index contributed by atoms with van der Waals surface area (Å²) in [6.45, 7) is 4.05. The number of aliphatic hydroxyl groups excluding tert-OH is 1. The first-order chi connectivity index (χ1) is 8.49. The Hall–Kier alpha value is -0.830. The van der Waals surface area contributed by atoms with Crippen LogP contribution >= 0.6 is 27.5 Å². The summed E-state index contributed by atoms with van der Waals surface area (Å²) in [6, 6.07) is 11.3. The molecule has 0 fully saturated rings. The van der Waals surface area contributed by atoms with Crippen molar-refractivity contribution in [2.24, 2.45) is 0 Å². The van der Waals surface area contributed by atoms with Crippen molar-refractivity contribution in [3.63, 3.8) is 0 Å². The molecule has 18 heavy (non-hydrogen) atoms. The minimum absolute atomic E-state index is 0.618. The molecule has 2 aromatic carbocycles. The van der Waals surface area contributed by atoms with E-state index in [0.717, 1.165) is 26.7 Å². The Kier molecular flexibility index (Phi) is 4.10. The van der Waals surface area contributed by atoms with Crippen molar-refractivity contribution in [3.05, 3.63) is 68.1 Å². The molecule has 1 nitrogen and oxygen atoms in total. The maximum atomic E-state index is 10.4. The standard InChI is InChI=1S/C15H14BrClO/c1-9-7-12(8-10(2)14(9)16)15(18)11-3-5-13(17)6-4-11/h3-8,15,18H,1-2H3. The second-order valence-corrected chi connectivity index (χ2v) is 5.65. The first-order valence-corrected chi connectivity index (χ1v) is 6.86. The highest BCUT2D eigenvalue weighted by atomic mass is 79.9. The molecule has 1 unspecified atom stereocenters. The Morgan fingerprint density at radius 3 is 2.00 bits per heavy atom. The Morgan fingerprint density at radius 2 is 1.50 bits per heavy atom. The monoisotopic (exact) mass is 324 g/mol. The van der Waals surface area contributed by atoms with Crippen LogP contribution in [-0.2, 0) is 0 Å². The maximum Gasteiger partial charge on any atom is 0.104 e. The minimum Gasteiger partial charge on any atom is -0.384 e. The van der Waals surface area contributed by atoms with E-state index in [1.54, 1.807) is 12.1 Å². The fourth-order valence-corrected chi connectivity index (χ4v) is 2.33. The molecule has 0 saturated heterocycles. The molecule has 0 bridgehead atoms. The van der Waals surface area contributed by atoms with Gasteiger partial charge in [0.15, 0.2) is 0 Å². The van der Waals surface area contributed by atoms with Crippen molar-refractivity contribution in [1.82, 2.24) is 0 Å². The molecule has 0 aliphatic carbocycles. The number of benzene rings is 2. The summed E-state index contributed by atoms with van der Waals surface area (Å²) in [5.74, 6) is 0. The summed E-state index contributed by atoms with van der Waals surface area (Å²) in [5, 5.41) is 11.0. The lowest BCUT2D eigenvalue weighted by Gasteiger charge is -2.14. The third-order valence-electron chi connectivity index (χ3n) is 2.96. The molecule has 0 radical (unpaired) electrons. The Morgan fingerprint density at radius 1 is 1.00 bits per heavy atom. The summed E-state index contributed by atoms with van der Waals surface area (Å²) in [5.41, 5.74) is 3.99. The van der Waals surface area contributed by atoms with E-state index >= 15 is 0 Å². The number of halogens is 2. The summed E-state index contributed by atoms with van der Waals surface area (Å²) in [6.07, 6.45) is -0.618. The van der Waals surface area contributed by atoms with E-state index in [1.165, 1.54) is 0 Å². The van der Waals surface area contributed by atoms with Crippen LogP contribution in [0.5, 0.6) is 0 Å². The van der Waals surface area contributed by atoms with Crippen molar-refractivity contribution in [3.8, 4) is 0 Å². The van der Waals surface area contributed by atoms with Gasteiger partial charge in [-0.1, -0.05) is 51.8 Å². The predicted octanol–water partition coefficient (Wildman–Crippen LogP) is 4.80. The van der Waals surface area contributed by atoms with Crippen LogP contribution in [0.4, 0.5) is 0 Å². The van der Waals surface area contributed by atoms with Crippen molar-refractivity contribution in [2.45, 2.75) is 20.0 Å². The van der Waals surface area contributed by atoms with E-state index in [2.05, 4.69) is 15.9 Å². The quantitative estimate of drug-likeness (QED) is 0.841. The maximum absolute atomic E-state index is 10.4. The van der Waals surface area contributed by atoms with Crippen molar-refractivity contribution >= 4 is 27.5 Å². The first-order valence-electron chi connectivity index (χ1n) is 5.69. The molecular formula is C15H14BrClO. The highest BCUT2D eigenvalue weighted by molar-refractivity contribution is 9.10. The Balaban J connectivity index is 2.39. The molecule has 0 heterocycles. The van der Waals surface area contributed by atoms with E-state index in [0.29, 0.717) is 5.02 Å². The van der Waals surface area contributed by atoms with Gasteiger partial charge in [0.25, 0.3) is 0 Å². The van der Waals surface area contributed by atoms with Crippen LogP contribution in [0.3, 0.4) is 0 Å². The van der Waals surface area contributed by atoms with Gasteiger partial charge in [0.05, 0.1) is 0 Å². The molecule has 1 N–H and O–H groups in total. The van der Waals surface area contributed by atoms with Gasteiger partial charge in [0.2, 0.25) is 0 Å². The zero-order valence-corrected chi connectivity index (χ0v) is 12.6. The van der Waals surface area contributed by atoms with Gasteiger partial charge in [-0.3, -0.25) is 0 Å². The summed E-state index contributed by atoms with van der Waals surface area (Å²) >= 11 is 9.37. The molecule has 0 aromatic heterocycles. The zero-order valence-electron chi connectivity index (χ0n) is 10.2. The number of hydrogen-bond acceptors (Lipinski definition) is 1. The third-order valence-corrected chi connectivity index (χ3v) is 4.46. The van der Waals surface area contributed by atoms with Crippen LogP contribution in [0.15, 0.2) is 40.9 Å². The molecule has 0 amide bonds. The van der Waals surface area contributed by atoms with Gasteiger partial charge in [0, 0.05) is 9.50 Å². The van der Waals surface area contributed by atoms with E-state index in [9.17, 15) is 5.11 Å². The average molecular weight is 326 g/mol. The number of rotatable bonds is 2. The lowest BCUT2D eigenvalue weighted by atomic mass is 9.98. The molecular weight excluding hydrogens is 312 g/mol. The highest BCUT2D eigenvalue weighted by Crippen LogP contribution is 2.29. The van der Waals surface area contributed by atoms with Crippen LogP contribution in [0.25, 0.3) is 0 Å². The largest absolute Gasteiger partial charge is 0.384 e. The van der Waals surface area contributed by atoms with Crippen molar-refractivity contribution in [1.29, 1.82) is 0 Å². The normalized spacial score (nSPS) is 12.5. The van der Waals surface area contributed by atoms with Crippen LogP contribution in [0.2, 0.25) is 5.02 Å². The predicted molar refractivity (Wildman–Crippen MR) is 79.1 cm³/mol. The molecule has 2 aromatic rings. The lowest BCUT2D eigenvalue weighted by Crippen LogP contribution is -2.01. The van der Waals surface area contributed by atoms with Crippen molar-refractivity contribution in [2.75, 3.05) is 0 Å². The van der Waals surface area contributed by atoms with E-state index < -0.39 is 6.10 Å². The molecule has 0 aliphatic rings. The minimum atomic E-state index is -0.618. The molecule has 2 rings (SSSR count). The van der Waals surface area contributed by atoms with E-state index in [-0.39, 0.29) is 0 Å². The third kappa shape index (κ3) is 2.77. The molecule has 1 atom stereocenters. The van der Waals surface area contributed by atoms with Gasteiger partial charge in [-0.2, -0.15) is 0 Å². The number of hydrogen-bond donors (Lipinski definition) is 1. The first kappa shape index (κ1) is 13.6.